The molecule has 0 heterocycles. The molecule has 2 rings (SSSR count). The fourth-order valence-corrected chi connectivity index (χ4v) is 3.89. The maximum atomic E-state index is 12.5. The normalized spacial score (nSPS) is 14.9. The van der Waals surface area contributed by atoms with E-state index in [0.717, 1.165) is 17.1 Å². The van der Waals surface area contributed by atoms with Crippen molar-refractivity contribution in [1.82, 2.24) is 4.31 Å². The number of carbonyl (C=O) groups is 1. The highest BCUT2D eigenvalue weighted by molar-refractivity contribution is 7.89. The van der Waals surface area contributed by atoms with Crippen LogP contribution in [0.2, 0.25) is 5.02 Å². The van der Waals surface area contributed by atoms with Gasteiger partial charge in [-0.2, -0.15) is 9.57 Å². The van der Waals surface area contributed by atoms with Gasteiger partial charge in [-0.1, -0.05) is 11.6 Å². The van der Waals surface area contributed by atoms with Crippen LogP contribution in [0, 0.1) is 17.2 Å². The Kier molecular flexibility index (Phi) is 4.52. The largest absolute Gasteiger partial charge is 0.480 e. The Morgan fingerprint density at radius 2 is 2.14 bits per heavy atom. The number of rotatable bonds is 6. The summed E-state index contributed by atoms with van der Waals surface area (Å²) in [7, 11) is -4.00. The van der Waals surface area contributed by atoms with Gasteiger partial charge in [0.05, 0.1) is 16.7 Å². The lowest BCUT2D eigenvalue weighted by atomic mass is 10.2. The monoisotopic (exact) mass is 328 g/mol. The third-order valence-electron chi connectivity index (χ3n) is 3.15. The molecule has 0 amide bonds. The number of aliphatic carboxylic acids is 1. The molecule has 21 heavy (non-hydrogen) atoms. The predicted octanol–water partition coefficient (Wildman–Crippen LogP) is 1.70. The van der Waals surface area contributed by atoms with Gasteiger partial charge in [-0.05, 0) is 37.0 Å². The van der Waals surface area contributed by atoms with Gasteiger partial charge in [-0.25, -0.2) is 8.42 Å². The first-order valence-corrected chi connectivity index (χ1v) is 8.08. The third-order valence-corrected chi connectivity index (χ3v) is 5.44. The van der Waals surface area contributed by atoms with E-state index in [9.17, 15) is 13.2 Å². The number of benzene rings is 1. The molecule has 1 N–H and O–H groups in total. The Hall–Kier alpha value is -1.62. The molecule has 8 heteroatoms. The van der Waals surface area contributed by atoms with Gasteiger partial charge in [0, 0.05) is 6.54 Å². The summed E-state index contributed by atoms with van der Waals surface area (Å²) in [5, 5.41) is 17.6. The van der Waals surface area contributed by atoms with E-state index in [4.69, 9.17) is 22.0 Å². The lowest BCUT2D eigenvalue weighted by molar-refractivity contribution is -0.137. The number of hydrogen-bond donors (Lipinski definition) is 1. The summed E-state index contributed by atoms with van der Waals surface area (Å²) in [6.45, 7) is -0.430. The zero-order valence-corrected chi connectivity index (χ0v) is 12.6. The molecule has 112 valence electrons. The molecule has 0 unspecified atom stereocenters. The topological polar surface area (TPSA) is 98.5 Å². The van der Waals surface area contributed by atoms with Crippen molar-refractivity contribution in [3.05, 3.63) is 28.8 Å². The average molecular weight is 329 g/mol. The van der Waals surface area contributed by atoms with E-state index >= 15 is 0 Å². The summed E-state index contributed by atoms with van der Waals surface area (Å²) in [4.78, 5) is 10.7. The van der Waals surface area contributed by atoms with Crippen LogP contribution in [0.25, 0.3) is 0 Å². The number of nitriles is 1. The molecule has 1 aliphatic rings. The number of carboxylic acid groups (broad SMARTS) is 1. The van der Waals surface area contributed by atoms with Gasteiger partial charge >= 0.3 is 5.97 Å². The SMILES string of the molecule is N#Cc1ccc(S(=O)(=O)N(CC(=O)O)CC2CC2)c(Cl)c1. The van der Waals surface area contributed by atoms with Crippen molar-refractivity contribution in [3.63, 3.8) is 0 Å². The summed E-state index contributed by atoms with van der Waals surface area (Å²) in [5.74, 6) is -1.01. The molecular weight excluding hydrogens is 316 g/mol. The Morgan fingerprint density at radius 3 is 2.62 bits per heavy atom. The van der Waals surface area contributed by atoms with Crippen molar-refractivity contribution in [3.8, 4) is 6.07 Å². The maximum Gasteiger partial charge on any atom is 0.318 e. The minimum atomic E-state index is -4.00. The molecular formula is C13H13ClN2O4S. The molecule has 0 aromatic heterocycles. The molecule has 1 saturated carbocycles. The van der Waals surface area contributed by atoms with Crippen LogP contribution in [0.3, 0.4) is 0 Å². The first kappa shape index (κ1) is 15.8. The molecule has 0 saturated heterocycles. The van der Waals surface area contributed by atoms with Crippen LogP contribution in [0.4, 0.5) is 0 Å². The van der Waals surface area contributed by atoms with Crippen LogP contribution < -0.4 is 0 Å². The Labute approximate surface area is 127 Å². The van der Waals surface area contributed by atoms with Gasteiger partial charge in [0.25, 0.3) is 0 Å². The molecule has 0 atom stereocenters. The highest BCUT2D eigenvalue weighted by Crippen LogP contribution is 2.33. The molecule has 0 aliphatic heterocycles. The quantitative estimate of drug-likeness (QED) is 0.856. The van der Waals surface area contributed by atoms with Gasteiger partial charge in [0.2, 0.25) is 10.0 Å². The van der Waals surface area contributed by atoms with Crippen molar-refractivity contribution < 1.29 is 18.3 Å². The fraction of sp³-hybridized carbons (Fsp3) is 0.385. The van der Waals surface area contributed by atoms with Gasteiger partial charge in [0.1, 0.15) is 11.4 Å². The number of halogens is 1. The van der Waals surface area contributed by atoms with Crippen molar-refractivity contribution >= 4 is 27.6 Å². The van der Waals surface area contributed by atoms with Gasteiger partial charge in [-0.3, -0.25) is 4.79 Å². The molecule has 1 aliphatic carbocycles. The van der Waals surface area contributed by atoms with Gasteiger partial charge < -0.3 is 5.11 Å². The highest BCUT2D eigenvalue weighted by Gasteiger charge is 2.34. The lowest BCUT2D eigenvalue weighted by Gasteiger charge is -2.20. The van der Waals surface area contributed by atoms with E-state index in [2.05, 4.69) is 0 Å². The van der Waals surface area contributed by atoms with E-state index in [1.807, 2.05) is 6.07 Å². The zero-order valence-electron chi connectivity index (χ0n) is 11.0. The second-order valence-corrected chi connectivity index (χ2v) is 7.21. The third kappa shape index (κ3) is 3.73. The highest BCUT2D eigenvalue weighted by atomic mass is 35.5. The van der Waals surface area contributed by atoms with Crippen molar-refractivity contribution in [1.29, 1.82) is 5.26 Å². The average Bonchev–Trinajstić information content (AvgIpc) is 3.21. The van der Waals surface area contributed by atoms with E-state index in [1.54, 1.807) is 0 Å². The lowest BCUT2D eigenvalue weighted by Crippen LogP contribution is -2.37. The van der Waals surface area contributed by atoms with Crippen LogP contribution in [0.15, 0.2) is 23.1 Å². The van der Waals surface area contributed by atoms with Crippen LogP contribution in [-0.4, -0.2) is 36.9 Å². The number of carboxylic acids is 1. The molecule has 0 spiro atoms. The molecule has 0 radical (unpaired) electrons. The number of nitrogens with zero attached hydrogens (tertiary/aromatic N) is 2. The molecule has 1 fully saturated rings. The summed E-state index contributed by atoms with van der Waals surface area (Å²) < 4.78 is 26.0. The Morgan fingerprint density at radius 1 is 1.48 bits per heavy atom. The summed E-state index contributed by atoms with van der Waals surface area (Å²) in [5.41, 5.74) is 0.242. The number of hydrogen-bond acceptors (Lipinski definition) is 4. The van der Waals surface area contributed by atoms with E-state index in [0.29, 0.717) is 0 Å². The standard InChI is InChI=1S/C13H13ClN2O4S/c14-11-5-10(6-15)3-4-12(11)21(19,20)16(8-13(17)18)7-9-1-2-9/h3-5,9H,1-2,7-8H2,(H,17,18). The smallest absolute Gasteiger partial charge is 0.318 e. The molecule has 1 aromatic rings. The minimum absolute atomic E-state index is 0.0831. The first-order valence-electron chi connectivity index (χ1n) is 6.26. The van der Waals surface area contributed by atoms with Crippen molar-refractivity contribution in [2.24, 2.45) is 5.92 Å². The molecule has 0 bridgehead atoms. The van der Waals surface area contributed by atoms with Crippen LogP contribution in [-0.2, 0) is 14.8 Å². The molecule has 1 aromatic carbocycles. The van der Waals surface area contributed by atoms with Crippen molar-refractivity contribution in [2.75, 3.05) is 13.1 Å². The Bertz CT molecular complexity index is 707. The minimum Gasteiger partial charge on any atom is -0.480 e. The number of sulfonamides is 1. The fourth-order valence-electron chi connectivity index (χ4n) is 1.91. The second kappa shape index (κ2) is 6.02. The summed E-state index contributed by atoms with van der Waals surface area (Å²) in [6, 6.07) is 5.69. The summed E-state index contributed by atoms with van der Waals surface area (Å²) >= 11 is 5.92. The zero-order chi connectivity index (χ0) is 15.6. The van der Waals surface area contributed by atoms with Crippen LogP contribution in [0.1, 0.15) is 18.4 Å². The van der Waals surface area contributed by atoms with Crippen molar-refractivity contribution in [2.45, 2.75) is 17.7 Å². The molecule has 6 nitrogen and oxygen atoms in total. The van der Waals surface area contributed by atoms with Crippen LogP contribution >= 0.6 is 11.6 Å². The second-order valence-electron chi connectivity index (χ2n) is 4.89. The maximum absolute atomic E-state index is 12.5. The van der Waals surface area contributed by atoms with Crippen LogP contribution in [0.5, 0.6) is 0 Å². The van der Waals surface area contributed by atoms with E-state index < -0.39 is 22.5 Å². The van der Waals surface area contributed by atoms with Gasteiger partial charge in [-0.15, -0.1) is 0 Å². The summed E-state index contributed by atoms with van der Waals surface area (Å²) in [6.07, 6.45) is 1.79. The first-order chi connectivity index (χ1) is 9.84. The Balaban J connectivity index is 2.37. The van der Waals surface area contributed by atoms with E-state index in [-0.39, 0.29) is 27.9 Å². The predicted molar refractivity (Wildman–Crippen MR) is 75.3 cm³/mol. The van der Waals surface area contributed by atoms with E-state index in [1.165, 1.54) is 18.2 Å². The van der Waals surface area contributed by atoms with Gasteiger partial charge in [0.15, 0.2) is 0 Å².